The summed E-state index contributed by atoms with van der Waals surface area (Å²) in [4.78, 5) is 0. The first-order chi connectivity index (χ1) is 10.7. The van der Waals surface area contributed by atoms with E-state index in [-0.39, 0.29) is 19.0 Å². The number of hydrogen-bond acceptors (Lipinski definition) is 2. The normalized spacial score (nSPS) is 10.9. The second-order valence-corrected chi connectivity index (χ2v) is 5.85. The minimum absolute atomic E-state index is 0.141. The van der Waals surface area contributed by atoms with Crippen molar-refractivity contribution in [2.75, 3.05) is 0 Å². The second-order valence-electron chi connectivity index (χ2n) is 4.94. The molecule has 0 unspecified atom stereocenters. The van der Waals surface area contributed by atoms with Crippen LogP contribution >= 0.6 is 15.9 Å². The lowest BCUT2D eigenvalue weighted by Gasteiger charge is -2.07. The minimum Gasteiger partial charge on any atom is -0.390 e. The maximum absolute atomic E-state index is 14.0. The van der Waals surface area contributed by atoms with Crippen molar-refractivity contribution in [1.82, 2.24) is 9.78 Å². The van der Waals surface area contributed by atoms with Crippen molar-refractivity contribution in [2.24, 2.45) is 0 Å². The van der Waals surface area contributed by atoms with Gasteiger partial charge in [-0.3, -0.25) is 4.68 Å². The molecule has 0 atom stereocenters. The van der Waals surface area contributed by atoms with E-state index in [1.807, 2.05) is 36.4 Å². The van der Waals surface area contributed by atoms with Crippen molar-refractivity contribution < 1.29 is 9.50 Å². The van der Waals surface area contributed by atoms with Gasteiger partial charge in [0.2, 0.25) is 0 Å². The van der Waals surface area contributed by atoms with Crippen LogP contribution in [0.15, 0.2) is 59.1 Å². The molecule has 0 bridgehead atoms. The third-order valence-corrected chi connectivity index (χ3v) is 3.92. The summed E-state index contributed by atoms with van der Waals surface area (Å²) in [7, 11) is 0. The number of nitrogens with zero attached hydrogens (tertiary/aromatic N) is 2. The van der Waals surface area contributed by atoms with Crippen LogP contribution < -0.4 is 0 Å². The molecule has 22 heavy (non-hydrogen) atoms. The molecule has 3 rings (SSSR count). The van der Waals surface area contributed by atoms with Crippen LogP contribution in [-0.4, -0.2) is 14.9 Å². The van der Waals surface area contributed by atoms with Gasteiger partial charge >= 0.3 is 0 Å². The fourth-order valence-electron chi connectivity index (χ4n) is 2.28. The highest BCUT2D eigenvalue weighted by molar-refractivity contribution is 9.10. The lowest BCUT2D eigenvalue weighted by atomic mass is 10.1. The van der Waals surface area contributed by atoms with E-state index in [1.54, 1.807) is 16.8 Å². The van der Waals surface area contributed by atoms with Crippen LogP contribution in [0, 0.1) is 5.82 Å². The van der Waals surface area contributed by atoms with Gasteiger partial charge in [0.25, 0.3) is 0 Å². The summed E-state index contributed by atoms with van der Waals surface area (Å²) in [6.45, 7) is 0.139. The Morgan fingerprint density at radius 2 is 1.86 bits per heavy atom. The van der Waals surface area contributed by atoms with Crippen LogP contribution in [0.3, 0.4) is 0 Å². The molecular formula is C17H14BrFN2O. The predicted octanol–water partition coefficient (Wildman–Crippen LogP) is 3.99. The Bertz CT molecular complexity index is 787. The van der Waals surface area contributed by atoms with Crippen molar-refractivity contribution in [2.45, 2.75) is 13.2 Å². The van der Waals surface area contributed by atoms with Crippen molar-refractivity contribution >= 4 is 15.9 Å². The summed E-state index contributed by atoms with van der Waals surface area (Å²) < 4.78 is 16.3. The van der Waals surface area contributed by atoms with Crippen LogP contribution in [-0.2, 0) is 13.2 Å². The first-order valence-corrected chi connectivity index (χ1v) is 7.63. The predicted molar refractivity (Wildman–Crippen MR) is 86.8 cm³/mol. The van der Waals surface area contributed by atoms with E-state index in [9.17, 15) is 9.50 Å². The van der Waals surface area contributed by atoms with Gasteiger partial charge in [-0.05, 0) is 18.2 Å². The largest absolute Gasteiger partial charge is 0.390 e. The zero-order chi connectivity index (χ0) is 15.5. The van der Waals surface area contributed by atoms with Crippen molar-refractivity contribution in [3.8, 4) is 11.3 Å². The van der Waals surface area contributed by atoms with Gasteiger partial charge in [0.05, 0.1) is 24.5 Å². The quantitative estimate of drug-likeness (QED) is 0.763. The Balaban J connectivity index is 1.95. The van der Waals surface area contributed by atoms with E-state index in [2.05, 4.69) is 21.0 Å². The fraction of sp³-hybridized carbons (Fsp3) is 0.118. The third-order valence-electron chi connectivity index (χ3n) is 3.43. The molecule has 1 aromatic heterocycles. The van der Waals surface area contributed by atoms with Crippen LogP contribution in [0.1, 0.15) is 11.3 Å². The van der Waals surface area contributed by atoms with Gasteiger partial charge in [-0.1, -0.05) is 52.3 Å². The van der Waals surface area contributed by atoms with Gasteiger partial charge in [0.1, 0.15) is 5.82 Å². The van der Waals surface area contributed by atoms with Crippen LogP contribution in [0.2, 0.25) is 0 Å². The first-order valence-electron chi connectivity index (χ1n) is 6.84. The Morgan fingerprint density at radius 1 is 1.09 bits per heavy atom. The van der Waals surface area contributed by atoms with Gasteiger partial charge in [-0.2, -0.15) is 5.10 Å². The summed E-state index contributed by atoms with van der Waals surface area (Å²) in [5, 5.41) is 14.0. The molecule has 0 aliphatic carbocycles. The standard InChI is InChI=1S/C17H14BrFN2O/c18-14-7-6-13(16(19)8-14)10-21-15(11-22)9-17(20-21)12-4-2-1-3-5-12/h1-9,22H,10-11H2. The van der Waals surface area contributed by atoms with Crippen LogP contribution in [0.25, 0.3) is 11.3 Å². The smallest absolute Gasteiger partial charge is 0.129 e. The summed E-state index contributed by atoms with van der Waals surface area (Å²) in [5.74, 6) is -0.296. The molecule has 0 aliphatic rings. The van der Waals surface area contributed by atoms with Crippen molar-refractivity contribution in [1.29, 1.82) is 0 Å². The molecule has 0 saturated heterocycles. The highest BCUT2D eigenvalue weighted by Crippen LogP contribution is 2.21. The van der Waals surface area contributed by atoms with E-state index in [4.69, 9.17) is 0 Å². The van der Waals surface area contributed by atoms with Crippen LogP contribution in [0.5, 0.6) is 0 Å². The molecule has 3 nitrogen and oxygen atoms in total. The lowest BCUT2D eigenvalue weighted by molar-refractivity contribution is 0.269. The highest BCUT2D eigenvalue weighted by Gasteiger charge is 2.11. The fourth-order valence-corrected chi connectivity index (χ4v) is 2.61. The van der Waals surface area contributed by atoms with E-state index < -0.39 is 0 Å². The number of benzene rings is 2. The number of rotatable bonds is 4. The van der Waals surface area contributed by atoms with Crippen molar-refractivity contribution in [3.63, 3.8) is 0 Å². The van der Waals surface area contributed by atoms with E-state index in [1.165, 1.54) is 6.07 Å². The van der Waals surface area contributed by atoms with Gasteiger partial charge in [-0.15, -0.1) is 0 Å². The van der Waals surface area contributed by atoms with Gasteiger partial charge in [0.15, 0.2) is 0 Å². The van der Waals surface area contributed by atoms with Gasteiger partial charge in [-0.25, -0.2) is 4.39 Å². The molecule has 2 aromatic carbocycles. The van der Waals surface area contributed by atoms with Gasteiger partial charge < -0.3 is 5.11 Å². The van der Waals surface area contributed by atoms with Crippen LogP contribution in [0.4, 0.5) is 4.39 Å². The number of halogens is 2. The summed E-state index contributed by atoms with van der Waals surface area (Å²) in [5.41, 5.74) is 2.91. The molecule has 0 spiro atoms. The van der Waals surface area contributed by atoms with Gasteiger partial charge in [0, 0.05) is 15.6 Å². The monoisotopic (exact) mass is 360 g/mol. The number of aliphatic hydroxyl groups excluding tert-OH is 1. The topological polar surface area (TPSA) is 38.1 Å². The molecule has 0 radical (unpaired) electrons. The van der Waals surface area contributed by atoms with E-state index >= 15 is 0 Å². The summed E-state index contributed by atoms with van der Waals surface area (Å²) >= 11 is 3.24. The first kappa shape index (κ1) is 14.9. The Hall–Kier alpha value is -1.98. The molecule has 112 valence electrons. The molecule has 3 aromatic rings. The van der Waals surface area contributed by atoms with E-state index in [0.29, 0.717) is 15.7 Å². The zero-order valence-corrected chi connectivity index (χ0v) is 13.3. The van der Waals surface area contributed by atoms with E-state index in [0.717, 1.165) is 11.3 Å². The molecule has 5 heteroatoms. The number of aromatic nitrogens is 2. The third kappa shape index (κ3) is 3.10. The zero-order valence-electron chi connectivity index (χ0n) is 11.7. The molecule has 0 aliphatic heterocycles. The molecule has 0 amide bonds. The Morgan fingerprint density at radius 3 is 2.55 bits per heavy atom. The minimum atomic E-state index is -0.296. The van der Waals surface area contributed by atoms with Crippen molar-refractivity contribution in [3.05, 3.63) is 76.1 Å². The SMILES string of the molecule is OCc1cc(-c2ccccc2)nn1Cc1ccc(Br)cc1F. The molecule has 0 fully saturated rings. The second kappa shape index (κ2) is 6.42. The summed E-state index contributed by atoms with van der Waals surface area (Å²) in [6, 6.07) is 16.5. The Kier molecular flexibility index (Phi) is 4.36. The summed E-state index contributed by atoms with van der Waals surface area (Å²) in [6.07, 6.45) is 0. The number of aliphatic hydroxyl groups is 1. The number of hydrogen-bond donors (Lipinski definition) is 1. The molecular weight excluding hydrogens is 347 g/mol. The Labute approximate surface area is 136 Å². The molecule has 1 heterocycles. The molecule has 1 N–H and O–H groups in total. The average molecular weight is 361 g/mol. The maximum Gasteiger partial charge on any atom is 0.129 e. The average Bonchev–Trinajstić information content (AvgIpc) is 2.94. The maximum atomic E-state index is 14.0. The lowest BCUT2D eigenvalue weighted by Crippen LogP contribution is -2.07. The highest BCUT2D eigenvalue weighted by atomic mass is 79.9. The molecule has 0 saturated carbocycles.